The van der Waals surface area contributed by atoms with E-state index in [-0.39, 0.29) is 11.8 Å². The van der Waals surface area contributed by atoms with E-state index >= 15 is 0 Å². The third-order valence-electron chi connectivity index (χ3n) is 5.47. The normalized spacial score (nSPS) is 14.1. The molecule has 0 fully saturated rings. The van der Waals surface area contributed by atoms with Crippen LogP contribution < -0.4 is 16.4 Å². The molecule has 2 rings (SSSR count). The van der Waals surface area contributed by atoms with Gasteiger partial charge in [-0.1, -0.05) is 31.2 Å². The van der Waals surface area contributed by atoms with Crippen LogP contribution in [-0.2, 0) is 14.3 Å². The second kappa shape index (κ2) is 13.7. The molecule has 0 saturated heterocycles. The molecule has 182 valence electrons. The van der Waals surface area contributed by atoms with Crippen LogP contribution in [0.4, 0.5) is 4.79 Å². The Bertz CT molecular complexity index is 883. The predicted octanol–water partition coefficient (Wildman–Crippen LogP) is 3.19. The Balaban J connectivity index is 2.22. The molecular weight excluding hydrogens is 424 g/mol. The van der Waals surface area contributed by atoms with Gasteiger partial charge in [0.15, 0.2) is 6.29 Å². The molecule has 3 atom stereocenters. The number of aromatic nitrogens is 1. The van der Waals surface area contributed by atoms with Gasteiger partial charge in [0.05, 0.1) is 17.6 Å². The van der Waals surface area contributed by atoms with Crippen LogP contribution in [0, 0.1) is 5.92 Å². The van der Waals surface area contributed by atoms with Gasteiger partial charge in [0.2, 0.25) is 5.91 Å². The molecule has 1 aromatic carbocycles. The number of nitrogens with one attached hydrogen (secondary N) is 2. The lowest BCUT2D eigenvalue weighted by Crippen LogP contribution is -2.46. The Hall–Kier alpha value is -2.75. The van der Waals surface area contributed by atoms with Crippen molar-refractivity contribution in [2.24, 2.45) is 11.7 Å². The average molecular weight is 461 g/mol. The second-order valence-corrected chi connectivity index (χ2v) is 7.88. The smallest absolute Gasteiger partial charge is 0.404 e. The molecular formula is C24H36N4O5. The van der Waals surface area contributed by atoms with Gasteiger partial charge in [-0.2, -0.15) is 0 Å². The van der Waals surface area contributed by atoms with Crippen molar-refractivity contribution in [2.75, 3.05) is 19.8 Å². The number of fused-ring (bicyclic) bond motifs is 1. The number of unbranched alkanes of at least 4 members (excludes halogenated alkanes) is 1. The minimum absolute atomic E-state index is 0.214. The van der Waals surface area contributed by atoms with E-state index in [0.717, 1.165) is 16.5 Å². The number of nitrogens with two attached hydrogens (primary N) is 1. The fourth-order valence-electron chi connectivity index (χ4n) is 3.78. The van der Waals surface area contributed by atoms with Crippen molar-refractivity contribution in [1.29, 1.82) is 0 Å². The van der Waals surface area contributed by atoms with Crippen molar-refractivity contribution in [3.05, 3.63) is 42.1 Å². The first kappa shape index (κ1) is 26.5. The third kappa shape index (κ3) is 7.96. The van der Waals surface area contributed by atoms with Gasteiger partial charge in [-0.3, -0.25) is 9.78 Å². The quantitative estimate of drug-likeness (QED) is 0.251. The Kier molecular flexibility index (Phi) is 11.0. The van der Waals surface area contributed by atoms with E-state index in [1.54, 1.807) is 6.20 Å². The molecule has 1 aromatic heterocycles. The summed E-state index contributed by atoms with van der Waals surface area (Å²) in [7, 11) is 0. The minimum Gasteiger partial charge on any atom is -0.465 e. The number of para-hydroxylation sites is 1. The maximum absolute atomic E-state index is 13.0. The van der Waals surface area contributed by atoms with Gasteiger partial charge < -0.3 is 30.9 Å². The number of nitrogens with zero attached hydrogens (tertiary/aromatic N) is 1. The molecule has 9 nitrogen and oxygen atoms in total. The van der Waals surface area contributed by atoms with Gasteiger partial charge in [0.25, 0.3) is 0 Å². The minimum atomic E-state index is -1.06. The molecule has 0 spiro atoms. The Morgan fingerprint density at radius 2 is 1.82 bits per heavy atom. The summed E-state index contributed by atoms with van der Waals surface area (Å²) >= 11 is 0. The van der Waals surface area contributed by atoms with E-state index in [4.69, 9.17) is 20.3 Å². The van der Waals surface area contributed by atoms with Gasteiger partial charge in [0, 0.05) is 42.8 Å². The largest absolute Gasteiger partial charge is 0.465 e. The van der Waals surface area contributed by atoms with Crippen molar-refractivity contribution >= 4 is 22.9 Å². The monoisotopic (exact) mass is 460 g/mol. The number of benzene rings is 1. The van der Waals surface area contributed by atoms with Crippen LogP contribution in [0.1, 0.15) is 51.6 Å². The summed E-state index contributed by atoms with van der Waals surface area (Å²) in [6.45, 7) is 7.07. The van der Waals surface area contributed by atoms with Crippen LogP contribution in [0.3, 0.4) is 0 Å². The Morgan fingerprint density at radius 1 is 1.12 bits per heavy atom. The molecule has 0 radical (unpaired) electrons. The first-order valence-corrected chi connectivity index (χ1v) is 11.5. The SMILES string of the molecule is CCOC(OCC)[C@@H](C)[C@H](NC(=O)C(N)CCCCNC(=O)O)c1cccc2cccnc12. The zero-order chi connectivity index (χ0) is 24.2. The maximum atomic E-state index is 13.0. The lowest BCUT2D eigenvalue weighted by molar-refractivity contribution is -0.170. The highest BCUT2D eigenvalue weighted by molar-refractivity contribution is 5.85. The summed E-state index contributed by atoms with van der Waals surface area (Å²) in [6.07, 6.45) is 1.85. The van der Waals surface area contributed by atoms with Crippen LogP contribution in [0.5, 0.6) is 0 Å². The molecule has 1 unspecified atom stereocenters. The number of carbonyl (C=O) groups excluding carboxylic acids is 1. The van der Waals surface area contributed by atoms with Crippen LogP contribution >= 0.6 is 0 Å². The van der Waals surface area contributed by atoms with E-state index in [1.165, 1.54) is 0 Å². The summed E-state index contributed by atoms with van der Waals surface area (Å²) in [5.74, 6) is -0.494. The summed E-state index contributed by atoms with van der Waals surface area (Å²) in [4.78, 5) is 28.1. The van der Waals surface area contributed by atoms with Crippen molar-refractivity contribution in [1.82, 2.24) is 15.6 Å². The van der Waals surface area contributed by atoms with Crippen LogP contribution in [0.25, 0.3) is 10.9 Å². The zero-order valence-electron chi connectivity index (χ0n) is 19.6. The third-order valence-corrected chi connectivity index (χ3v) is 5.47. The van der Waals surface area contributed by atoms with Crippen LogP contribution in [-0.4, -0.2) is 54.2 Å². The zero-order valence-corrected chi connectivity index (χ0v) is 19.6. The number of amides is 2. The highest BCUT2D eigenvalue weighted by atomic mass is 16.7. The molecule has 2 amide bonds. The van der Waals surface area contributed by atoms with E-state index in [0.29, 0.717) is 39.0 Å². The number of carbonyl (C=O) groups is 2. The van der Waals surface area contributed by atoms with Crippen LogP contribution in [0.2, 0.25) is 0 Å². The Morgan fingerprint density at radius 3 is 2.48 bits per heavy atom. The summed E-state index contributed by atoms with van der Waals surface area (Å²) in [6, 6.07) is 8.58. The predicted molar refractivity (Wildman–Crippen MR) is 127 cm³/mol. The van der Waals surface area contributed by atoms with Crippen molar-refractivity contribution < 1.29 is 24.2 Å². The first-order valence-electron chi connectivity index (χ1n) is 11.5. The number of hydrogen-bond donors (Lipinski definition) is 4. The number of rotatable bonds is 14. The highest BCUT2D eigenvalue weighted by Crippen LogP contribution is 2.31. The number of carboxylic acid groups (broad SMARTS) is 1. The first-order chi connectivity index (χ1) is 15.9. The summed E-state index contributed by atoms with van der Waals surface area (Å²) in [5.41, 5.74) is 7.84. The molecule has 0 aliphatic heterocycles. The van der Waals surface area contributed by atoms with Gasteiger partial charge in [0.1, 0.15) is 0 Å². The van der Waals surface area contributed by atoms with E-state index < -0.39 is 24.5 Å². The highest BCUT2D eigenvalue weighted by Gasteiger charge is 2.32. The van der Waals surface area contributed by atoms with Gasteiger partial charge in [-0.15, -0.1) is 0 Å². The Labute approximate surface area is 195 Å². The fourth-order valence-corrected chi connectivity index (χ4v) is 3.78. The molecule has 2 aromatic rings. The number of pyridine rings is 1. The maximum Gasteiger partial charge on any atom is 0.404 e. The molecule has 0 aliphatic carbocycles. The van der Waals surface area contributed by atoms with E-state index in [1.807, 2.05) is 51.1 Å². The average Bonchev–Trinajstić information content (AvgIpc) is 2.81. The van der Waals surface area contributed by atoms with Crippen molar-refractivity contribution in [2.45, 2.75) is 58.4 Å². The summed E-state index contributed by atoms with van der Waals surface area (Å²) in [5, 5.41) is 15.0. The summed E-state index contributed by atoms with van der Waals surface area (Å²) < 4.78 is 11.7. The van der Waals surface area contributed by atoms with E-state index in [2.05, 4.69) is 15.6 Å². The van der Waals surface area contributed by atoms with Gasteiger partial charge >= 0.3 is 6.09 Å². The standard InChI is InChI=1S/C24H36N4O5/c1-4-32-23(33-5-2)16(3)20(18-12-8-10-17-11-9-15-26-21(17)18)28-22(29)19(25)13-6-7-14-27-24(30)31/h8-12,15-16,19-20,23,27H,4-7,13-14,25H2,1-3H3,(H,28,29)(H,30,31)/t16-,19?,20-/m0/s1. The molecule has 33 heavy (non-hydrogen) atoms. The topological polar surface area (TPSA) is 136 Å². The van der Waals surface area contributed by atoms with Crippen molar-refractivity contribution in [3.8, 4) is 0 Å². The van der Waals surface area contributed by atoms with Gasteiger partial charge in [-0.25, -0.2) is 4.79 Å². The molecule has 1 heterocycles. The molecule has 9 heteroatoms. The van der Waals surface area contributed by atoms with E-state index in [9.17, 15) is 9.59 Å². The molecule has 5 N–H and O–H groups in total. The second-order valence-electron chi connectivity index (χ2n) is 7.88. The molecule has 0 bridgehead atoms. The lowest BCUT2D eigenvalue weighted by atomic mass is 9.91. The number of hydrogen-bond acceptors (Lipinski definition) is 6. The lowest BCUT2D eigenvalue weighted by Gasteiger charge is -2.32. The fraction of sp³-hybridized carbons (Fsp3) is 0.542. The number of ether oxygens (including phenoxy) is 2. The molecule has 0 aliphatic rings. The van der Waals surface area contributed by atoms with Crippen molar-refractivity contribution in [3.63, 3.8) is 0 Å². The molecule has 0 saturated carbocycles. The van der Waals surface area contributed by atoms with Gasteiger partial charge in [-0.05, 0) is 39.2 Å². The van der Waals surface area contributed by atoms with Crippen LogP contribution in [0.15, 0.2) is 36.5 Å².